The van der Waals surface area contributed by atoms with Crippen LogP contribution < -0.4 is 10.5 Å². The van der Waals surface area contributed by atoms with Crippen LogP contribution in [-0.4, -0.2) is 44.6 Å². The van der Waals surface area contributed by atoms with Gasteiger partial charge in [0.05, 0.1) is 19.8 Å². The van der Waals surface area contributed by atoms with Gasteiger partial charge in [0.25, 0.3) is 0 Å². The molecule has 0 spiro atoms. The molecule has 0 saturated heterocycles. The summed E-state index contributed by atoms with van der Waals surface area (Å²) in [6, 6.07) is 3.65. The van der Waals surface area contributed by atoms with Crippen LogP contribution in [0.25, 0.3) is 0 Å². The van der Waals surface area contributed by atoms with Crippen molar-refractivity contribution in [3.05, 3.63) is 28.8 Å². The molecule has 0 fully saturated rings. The number of oxime groups is 1. The maximum absolute atomic E-state index is 8.69. The molecule has 0 aliphatic carbocycles. The molecule has 0 radical (unpaired) electrons. The fraction of sp³-hybridized carbons (Fsp3) is 0.500. The molecule has 20 heavy (non-hydrogen) atoms. The molecule has 112 valence electrons. The molecule has 1 aromatic rings. The molecule has 0 atom stereocenters. The van der Waals surface area contributed by atoms with E-state index in [1.54, 1.807) is 7.11 Å². The van der Waals surface area contributed by atoms with E-state index in [1.165, 1.54) is 0 Å². The Hall–Kier alpha value is -1.79. The highest BCUT2D eigenvalue weighted by Crippen LogP contribution is 2.24. The number of methoxy groups -OCH3 is 1. The molecule has 6 nitrogen and oxygen atoms in total. The number of nitrogens with two attached hydrogens (primary N) is 1. The Balaban J connectivity index is 2.58. The SMILES string of the molecule is COCCOCCOc1c(C)cc(C(N)=NO)cc1C. The van der Waals surface area contributed by atoms with Crippen LogP contribution in [0.1, 0.15) is 16.7 Å². The van der Waals surface area contributed by atoms with Gasteiger partial charge in [0.1, 0.15) is 12.4 Å². The zero-order valence-corrected chi connectivity index (χ0v) is 12.2. The highest BCUT2D eigenvalue weighted by Gasteiger charge is 2.09. The molecule has 0 aliphatic heterocycles. The Morgan fingerprint density at radius 2 is 1.75 bits per heavy atom. The largest absolute Gasteiger partial charge is 0.491 e. The van der Waals surface area contributed by atoms with Crippen LogP contribution in [-0.2, 0) is 9.47 Å². The van der Waals surface area contributed by atoms with Crippen LogP contribution >= 0.6 is 0 Å². The van der Waals surface area contributed by atoms with Crippen molar-refractivity contribution in [2.75, 3.05) is 33.5 Å². The van der Waals surface area contributed by atoms with E-state index in [1.807, 2.05) is 26.0 Å². The van der Waals surface area contributed by atoms with Crippen LogP contribution in [0.3, 0.4) is 0 Å². The molecule has 0 aromatic heterocycles. The molecule has 0 amide bonds. The number of amidine groups is 1. The van der Waals surface area contributed by atoms with Crippen molar-refractivity contribution >= 4 is 5.84 Å². The number of aryl methyl sites for hydroxylation is 2. The van der Waals surface area contributed by atoms with Gasteiger partial charge in [-0.2, -0.15) is 0 Å². The van der Waals surface area contributed by atoms with Gasteiger partial charge in [-0.3, -0.25) is 0 Å². The Labute approximate surface area is 119 Å². The zero-order chi connectivity index (χ0) is 15.0. The van der Waals surface area contributed by atoms with Crippen LogP contribution in [0.2, 0.25) is 0 Å². The van der Waals surface area contributed by atoms with E-state index < -0.39 is 0 Å². The van der Waals surface area contributed by atoms with Crippen molar-refractivity contribution in [3.8, 4) is 5.75 Å². The lowest BCUT2D eigenvalue weighted by molar-refractivity contribution is 0.0542. The first-order valence-corrected chi connectivity index (χ1v) is 6.38. The molecule has 0 unspecified atom stereocenters. The van der Waals surface area contributed by atoms with E-state index in [9.17, 15) is 0 Å². The Morgan fingerprint density at radius 1 is 1.15 bits per heavy atom. The summed E-state index contributed by atoms with van der Waals surface area (Å²) in [5.41, 5.74) is 8.12. The van der Waals surface area contributed by atoms with Gasteiger partial charge in [-0.25, -0.2) is 0 Å². The monoisotopic (exact) mass is 282 g/mol. The van der Waals surface area contributed by atoms with Gasteiger partial charge in [0, 0.05) is 12.7 Å². The highest BCUT2D eigenvalue weighted by atomic mass is 16.5. The predicted molar refractivity (Wildman–Crippen MR) is 76.6 cm³/mol. The third-order valence-corrected chi connectivity index (χ3v) is 2.77. The first-order chi connectivity index (χ1) is 9.60. The minimum atomic E-state index is 0.0886. The number of hydrogen-bond donors (Lipinski definition) is 2. The van der Waals surface area contributed by atoms with E-state index >= 15 is 0 Å². The molecule has 0 saturated carbocycles. The first-order valence-electron chi connectivity index (χ1n) is 6.38. The predicted octanol–water partition coefficient (Wildman–Crippen LogP) is 1.44. The van der Waals surface area contributed by atoms with E-state index in [4.69, 9.17) is 25.2 Å². The standard InChI is InChI=1S/C14H22N2O4/c1-10-8-12(14(15)16-17)9-11(2)13(10)20-7-6-19-5-4-18-3/h8-9,17H,4-7H2,1-3H3,(H2,15,16). The number of rotatable bonds is 8. The molecular formula is C14H22N2O4. The summed E-state index contributed by atoms with van der Waals surface area (Å²) in [6.07, 6.45) is 0. The fourth-order valence-electron chi connectivity index (χ4n) is 1.83. The lowest BCUT2D eigenvalue weighted by Crippen LogP contribution is -2.15. The van der Waals surface area contributed by atoms with Gasteiger partial charge in [-0.05, 0) is 37.1 Å². The zero-order valence-electron chi connectivity index (χ0n) is 12.2. The fourth-order valence-corrected chi connectivity index (χ4v) is 1.83. The second kappa shape index (κ2) is 8.39. The maximum Gasteiger partial charge on any atom is 0.170 e. The van der Waals surface area contributed by atoms with Crippen molar-refractivity contribution in [1.82, 2.24) is 0 Å². The van der Waals surface area contributed by atoms with Crippen molar-refractivity contribution in [2.45, 2.75) is 13.8 Å². The van der Waals surface area contributed by atoms with E-state index in [-0.39, 0.29) is 5.84 Å². The molecule has 0 aliphatic rings. The highest BCUT2D eigenvalue weighted by molar-refractivity contribution is 5.97. The summed E-state index contributed by atoms with van der Waals surface area (Å²) < 4.78 is 15.9. The topological polar surface area (TPSA) is 86.3 Å². The third-order valence-electron chi connectivity index (χ3n) is 2.77. The number of benzene rings is 1. The Morgan fingerprint density at radius 3 is 2.30 bits per heavy atom. The summed E-state index contributed by atoms with van der Waals surface area (Å²) in [6.45, 7) is 5.94. The van der Waals surface area contributed by atoms with Gasteiger partial charge in [-0.1, -0.05) is 5.16 Å². The minimum absolute atomic E-state index is 0.0886. The molecular weight excluding hydrogens is 260 g/mol. The average Bonchev–Trinajstić information content (AvgIpc) is 2.43. The van der Waals surface area contributed by atoms with Gasteiger partial charge in [0.2, 0.25) is 0 Å². The normalized spacial score (nSPS) is 11.7. The Bertz CT molecular complexity index is 437. The quantitative estimate of drug-likeness (QED) is 0.248. The van der Waals surface area contributed by atoms with Crippen LogP contribution in [0, 0.1) is 13.8 Å². The lowest BCUT2D eigenvalue weighted by atomic mass is 10.1. The molecule has 3 N–H and O–H groups in total. The summed E-state index contributed by atoms with van der Waals surface area (Å²) in [5.74, 6) is 0.889. The van der Waals surface area contributed by atoms with Gasteiger partial charge < -0.3 is 25.2 Å². The summed E-state index contributed by atoms with van der Waals surface area (Å²) in [7, 11) is 1.63. The van der Waals surface area contributed by atoms with Crippen LogP contribution in [0.4, 0.5) is 0 Å². The minimum Gasteiger partial charge on any atom is -0.491 e. The van der Waals surface area contributed by atoms with E-state index in [0.717, 1.165) is 16.9 Å². The van der Waals surface area contributed by atoms with Gasteiger partial charge >= 0.3 is 0 Å². The lowest BCUT2D eigenvalue weighted by Gasteiger charge is -2.14. The Kier molecular flexibility index (Phi) is 6.83. The van der Waals surface area contributed by atoms with E-state index in [2.05, 4.69) is 5.16 Å². The summed E-state index contributed by atoms with van der Waals surface area (Å²) in [4.78, 5) is 0. The van der Waals surface area contributed by atoms with Crippen LogP contribution in [0.15, 0.2) is 17.3 Å². The maximum atomic E-state index is 8.69. The molecule has 0 bridgehead atoms. The molecule has 1 aromatic carbocycles. The van der Waals surface area contributed by atoms with Gasteiger partial charge in [-0.15, -0.1) is 0 Å². The second-order valence-corrected chi connectivity index (χ2v) is 4.38. The summed E-state index contributed by atoms with van der Waals surface area (Å²) >= 11 is 0. The molecule has 0 heterocycles. The number of nitrogens with zero attached hydrogens (tertiary/aromatic N) is 1. The third kappa shape index (κ3) is 4.71. The average molecular weight is 282 g/mol. The van der Waals surface area contributed by atoms with Gasteiger partial charge in [0.15, 0.2) is 5.84 Å². The number of hydrogen-bond acceptors (Lipinski definition) is 5. The van der Waals surface area contributed by atoms with E-state index in [0.29, 0.717) is 32.0 Å². The summed E-state index contributed by atoms with van der Waals surface area (Å²) in [5, 5.41) is 11.7. The van der Waals surface area contributed by atoms with Crippen molar-refractivity contribution in [3.63, 3.8) is 0 Å². The molecule has 1 rings (SSSR count). The van der Waals surface area contributed by atoms with Crippen molar-refractivity contribution in [2.24, 2.45) is 10.9 Å². The van der Waals surface area contributed by atoms with Crippen molar-refractivity contribution < 1.29 is 19.4 Å². The molecule has 6 heteroatoms. The van der Waals surface area contributed by atoms with Crippen molar-refractivity contribution in [1.29, 1.82) is 0 Å². The first kappa shape index (κ1) is 16.3. The second-order valence-electron chi connectivity index (χ2n) is 4.38. The smallest absolute Gasteiger partial charge is 0.170 e. The van der Waals surface area contributed by atoms with Crippen LogP contribution in [0.5, 0.6) is 5.75 Å². The number of ether oxygens (including phenoxy) is 3.